The molecule has 14 heavy (non-hydrogen) atoms. The van der Waals surface area contributed by atoms with Gasteiger partial charge in [-0.1, -0.05) is 28.1 Å². The summed E-state index contributed by atoms with van der Waals surface area (Å²) in [6, 6.07) is 8.51. The highest BCUT2D eigenvalue weighted by Crippen LogP contribution is 2.16. The monoisotopic (exact) mass is 255 g/mol. The zero-order chi connectivity index (χ0) is 10.6. The van der Waals surface area contributed by atoms with Crippen molar-refractivity contribution in [2.75, 3.05) is 7.05 Å². The molecule has 0 fully saturated rings. The summed E-state index contributed by atoms with van der Waals surface area (Å²) in [5.74, 6) is 0. The third-order valence-corrected chi connectivity index (χ3v) is 3.10. The summed E-state index contributed by atoms with van der Waals surface area (Å²) in [6.45, 7) is 4.45. The highest BCUT2D eigenvalue weighted by atomic mass is 79.9. The van der Waals surface area contributed by atoms with Gasteiger partial charge in [-0.25, -0.2) is 0 Å². The first kappa shape index (κ1) is 11.7. The second-order valence-electron chi connectivity index (χ2n) is 4.26. The normalized spacial score (nSPS) is 11.7. The molecule has 0 aliphatic carbocycles. The van der Waals surface area contributed by atoms with Gasteiger partial charge in [0.15, 0.2) is 0 Å². The predicted molar refractivity (Wildman–Crippen MR) is 65.6 cm³/mol. The first-order valence-electron chi connectivity index (χ1n) is 4.97. The third-order valence-electron chi connectivity index (χ3n) is 2.60. The Balaban J connectivity index is 2.54. The molecule has 0 radical (unpaired) electrons. The van der Waals surface area contributed by atoms with E-state index in [-0.39, 0.29) is 5.54 Å². The zero-order valence-electron chi connectivity index (χ0n) is 9.10. The van der Waals surface area contributed by atoms with E-state index in [1.54, 1.807) is 0 Å². The second-order valence-corrected chi connectivity index (χ2v) is 5.18. The molecule has 78 valence electrons. The van der Waals surface area contributed by atoms with E-state index in [0.29, 0.717) is 0 Å². The van der Waals surface area contributed by atoms with Gasteiger partial charge in [0.2, 0.25) is 0 Å². The van der Waals surface area contributed by atoms with Crippen LogP contribution in [0.15, 0.2) is 28.7 Å². The van der Waals surface area contributed by atoms with Crippen molar-refractivity contribution >= 4 is 15.9 Å². The Labute approximate surface area is 95.0 Å². The number of hydrogen-bond acceptors (Lipinski definition) is 1. The minimum Gasteiger partial charge on any atom is -0.315 e. The van der Waals surface area contributed by atoms with Crippen LogP contribution in [0.5, 0.6) is 0 Å². The van der Waals surface area contributed by atoms with Crippen LogP contribution >= 0.6 is 15.9 Å². The van der Waals surface area contributed by atoms with Crippen molar-refractivity contribution in [1.82, 2.24) is 5.32 Å². The van der Waals surface area contributed by atoms with Crippen molar-refractivity contribution in [3.8, 4) is 0 Å². The lowest BCUT2D eigenvalue weighted by Gasteiger charge is -2.23. The number of hydrogen-bond donors (Lipinski definition) is 1. The largest absolute Gasteiger partial charge is 0.315 e. The summed E-state index contributed by atoms with van der Waals surface area (Å²) in [5, 5.41) is 3.31. The molecule has 1 nitrogen and oxygen atoms in total. The van der Waals surface area contributed by atoms with Gasteiger partial charge in [0.1, 0.15) is 0 Å². The average molecular weight is 256 g/mol. The lowest BCUT2D eigenvalue weighted by atomic mass is 9.96. The molecule has 0 unspecified atom stereocenters. The fraction of sp³-hybridized carbons (Fsp3) is 0.500. The van der Waals surface area contributed by atoms with Crippen molar-refractivity contribution in [1.29, 1.82) is 0 Å². The fourth-order valence-corrected chi connectivity index (χ4v) is 1.72. The highest BCUT2D eigenvalue weighted by molar-refractivity contribution is 9.10. The molecule has 1 rings (SSSR count). The van der Waals surface area contributed by atoms with Crippen LogP contribution in [0.1, 0.15) is 25.8 Å². The van der Waals surface area contributed by atoms with Gasteiger partial charge < -0.3 is 5.32 Å². The fourth-order valence-electron chi connectivity index (χ4n) is 1.27. The summed E-state index contributed by atoms with van der Waals surface area (Å²) >= 11 is 3.48. The van der Waals surface area contributed by atoms with E-state index in [0.717, 1.165) is 17.3 Å². The molecule has 0 spiro atoms. The SMILES string of the molecule is CNC(C)(C)CCc1cccc(Br)c1. The molecule has 0 bridgehead atoms. The maximum atomic E-state index is 3.48. The Morgan fingerprint density at radius 1 is 1.36 bits per heavy atom. The van der Waals surface area contributed by atoms with Crippen molar-refractivity contribution in [3.05, 3.63) is 34.3 Å². The van der Waals surface area contributed by atoms with Gasteiger partial charge in [-0.3, -0.25) is 0 Å². The maximum Gasteiger partial charge on any atom is 0.0177 e. The molecule has 0 aliphatic heterocycles. The maximum absolute atomic E-state index is 3.48. The van der Waals surface area contributed by atoms with E-state index in [9.17, 15) is 0 Å². The Morgan fingerprint density at radius 2 is 2.07 bits per heavy atom. The quantitative estimate of drug-likeness (QED) is 0.870. The van der Waals surface area contributed by atoms with E-state index < -0.39 is 0 Å². The standard InChI is InChI=1S/C12H18BrN/c1-12(2,14-3)8-7-10-5-4-6-11(13)9-10/h4-6,9,14H,7-8H2,1-3H3. The van der Waals surface area contributed by atoms with E-state index in [1.165, 1.54) is 5.56 Å². The Hall–Kier alpha value is -0.340. The molecule has 0 aliphatic rings. The Morgan fingerprint density at radius 3 is 2.64 bits per heavy atom. The molecule has 1 aromatic carbocycles. The van der Waals surface area contributed by atoms with Gasteiger partial charge >= 0.3 is 0 Å². The average Bonchev–Trinajstić information content (AvgIpc) is 2.15. The van der Waals surface area contributed by atoms with E-state index in [2.05, 4.69) is 59.4 Å². The van der Waals surface area contributed by atoms with Crippen LogP contribution in [0, 0.1) is 0 Å². The van der Waals surface area contributed by atoms with E-state index >= 15 is 0 Å². The molecule has 1 aromatic rings. The van der Waals surface area contributed by atoms with Crippen LogP contribution in [0.25, 0.3) is 0 Å². The van der Waals surface area contributed by atoms with Crippen molar-refractivity contribution in [2.45, 2.75) is 32.2 Å². The molecule has 0 atom stereocenters. The van der Waals surface area contributed by atoms with Gasteiger partial charge in [-0.05, 0) is 51.4 Å². The molecule has 0 saturated heterocycles. The number of benzene rings is 1. The summed E-state index contributed by atoms with van der Waals surface area (Å²) < 4.78 is 1.16. The van der Waals surface area contributed by atoms with Crippen LogP contribution in [0.2, 0.25) is 0 Å². The lowest BCUT2D eigenvalue weighted by molar-refractivity contribution is 0.393. The molecule has 0 aromatic heterocycles. The van der Waals surface area contributed by atoms with Crippen LogP contribution < -0.4 is 5.32 Å². The van der Waals surface area contributed by atoms with Crippen molar-refractivity contribution in [2.24, 2.45) is 0 Å². The first-order chi connectivity index (χ1) is 6.53. The summed E-state index contributed by atoms with van der Waals surface area (Å²) in [6.07, 6.45) is 2.27. The molecular weight excluding hydrogens is 238 g/mol. The topological polar surface area (TPSA) is 12.0 Å². The molecule has 1 N–H and O–H groups in total. The number of rotatable bonds is 4. The van der Waals surface area contributed by atoms with Crippen molar-refractivity contribution in [3.63, 3.8) is 0 Å². The minimum absolute atomic E-state index is 0.225. The molecule has 0 saturated carbocycles. The van der Waals surface area contributed by atoms with Gasteiger partial charge in [-0.2, -0.15) is 0 Å². The van der Waals surface area contributed by atoms with Gasteiger partial charge in [-0.15, -0.1) is 0 Å². The zero-order valence-corrected chi connectivity index (χ0v) is 10.7. The summed E-state index contributed by atoms with van der Waals surface area (Å²) in [7, 11) is 2.01. The minimum atomic E-state index is 0.225. The van der Waals surface area contributed by atoms with Crippen LogP contribution in [-0.2, 0) is 6.42 Å². The first-order valence-corrected chi connectivity index (χ1v) is 5.76. The second kappa shape index (κ2) is 4.94. The highest BCUT2D eigenvalue weighted by Gasteiger charge is 2.13. The number of halogens is 1. The van der Waals surface area contributed by atoms with Gasteiger partial charge in [0.05, 0.1) is 0 Å². The number of nitrogens with one attached hydrogen (secondary N) is 1. The predicted octanol–water partition coefficient (Wildman–Crippen LogP) is 3.38. The molecular formula is C12H18BrN. The lowest BCUT2D eigenvalue weighted by Crippen LogP contribution is -2.36. The Bertz CT molecular complexity index is 294. The van der Waals surface area contributed by atoms with Crippen molar-refractivity contribution < 1.29 is 0 Å². The summed E-state index contributed by atoms with van der Waals surface area (Å²) in [5.41, 5.74) is 1.62. The number of aryl methyl sites for hydroxylation is 1. The van der Waals surface area contributed by atoms with Crippen LogP contribution in [-0.4, -0.2) is 12.6 Å². The molecule has 2 heteroatoms. The molecule has 0 heterocycles. The van der Waals surface area contributed by atoms with Crippen LogP contribution in [0.3, 0.4) is 0 Å². The third kappa shape index (κ3) is 3.81. The smallest absolute Gasteiger partial charge is 0.0177 e. The summed E-state index contributed by atoms with van der Waals surface area (Å²) in [4.78, 5) is 0. The van der Waals surface area contributed by atoms with Gasteiger partial charge in [0.25, 0.3) is 0 Å². The van der Waals surface area contributed by atoms with E-state index in [4.69, 9.17) is 0 Å². The Kier molecular flexibility index (Phi) is 4.14. The van der Waals surface area contributed by atoms with E-state index in [1.807, 2.05) is 7.05 Å². The van der Waals surface area contributed by atoms with Crippen LogP contribution in [0.4, 0.5) is 0 Å². The van der Waals surface area contributed by atoms with Gasteiger partial charge in [0, 0.05) is 10.0 Å². The molecule has 0 amide bonds.